The van der Waals surface area contributed by atoms with Crippen molar-refractivity contribution in [3.05, 3.63) is 46.6 Å². The third-order valence-corrected chi connectivity index (χ3v) is 5.55. The average Bonchev–Trinajstić information content (AvgIpc) is 2.61. The monoisotopic (exact) mass is 372 g/mol. The van der Waals surface area contributed by atoms with Crippen LogP contribution in [0.4, 0.5) is 0 Å². The summed E-state index contributed by atoms with van der Waals surface area (Å²) < 4.78 is 4.93. The molecule has 0 saturated heterocycles. The Morgan fingerprint density at radius 3 is 2.63 bits per heavy atom. The molecule has 0 amide bonds. The Balaban J connectivity index is 2.61. The lowest BCUT2D eigenvalue weighted by atomic mass is 9.73. The fraction of sp³-hybridized carbons (Fsp3) is 0.522. The topological polar surface area (TPSA) is 66.8 Å². The minimum Gasteiger partial charge on any atom is -0.507 e. The van der Waals surface area contributed by atoms with Gasteiger partial charge in [-0.15, -0.1) is 0 Å². The van der Waals surface area contributed by atoms with E-state index in [2.05, 4.69) is 26.5 Å². The number of esters is 1. The molecule has 0 radical (unpaired) electrons. The first kappa shape index (κ1) is 21.1. The summed E-state index contributed by atoms with van der Waals surface area (Å²) in [7, 11) is 1.31. The molecule has 1 aliphatic rings. The SMILES string of the molecule is C=C(C)[C@H]1CCC(C)=CC1c1c(O)cc(CCCCC)c(C(=O)OC)c1O. The van der Waals surface area contributed by atoms with Gasteiger partial charge in [0.1, 0.15) is 17.1 Å². The molecule has 1 aliphatic carbocycles. The minimum atomic E-state index is -0.566. The summed E-state index contributed by atoms with van der Waals surface area (Å²) >= 11 is 0. The molecular formula is C23H32O4. The normalized spacial score (nSPS) is 19.5. The molecule has 0 aromatic heterocycles. The molecule has 2 rings (SSSR count). The highest BCUT2D eigenvalue weighted by molar-refractivity contribution is 5.95. The van der Waals surface area contributed by atoms with Crippen LogP contribution < -0.4 is 0 Å². The fourth-order valence-electron chi connectivity index (χ4n) is 4.05. The van der Waals surface area contributed by atoms with E-state index < -0.39 is 5.97 Å². The Kier molecular flexibility index (Phi) is 7.11. The third-order valence-electron chi connectivity index (χ3n) is 5.55. The van der Waals surface area contributed by atoms with Crippen molar-refractivity contribution in [3.8, 4) is 11.5 Å². The van der Waals surface area contributed by atoms with Gasteiger partial charge in [0.25, 0.3) is 0 Å². The molecule has 148 valence electrons. The molecular weight excluding hydrogens is 340 g/mol. The first-order valence-electron chi connectivity index (χ1n) is 9.80. The van der Waals surface area contributed by atoms with Crippen molar-refractivity contribution in [2.24, 2.45) is 5.92 Å². The Morgan fingerprint density at radius 2 is 2.04 bits per heavy atom. The molecule has 27 heavy (non-hydrogen) atoms. The molecule has 2 N–H and O–H groups in total. The lowest BCUT2D eigenvalue weighted by Crippen LogP contribution is -2.18. The number of allylic oxidation sites excluding steroid dienone is 3. The van der Waals surface area contributed by atoms with Crippen LogP contribution in [-0.4, -0.2) is 23.3 Å². The number of carbonyl (C=O) groups is 1. The van der Waals surface area contributed by atoms with Gasteiger partial charge in [-0.05, 0) is 57.1 Å². The lowest BCUT2D eigenvalue weighted by molar-refractivity contribution is 0.0595. The number of benzene rings is 1. The van der Waals surface area contributed by atoms with Gasteiger partial charge in [-0.2, -0.15) is 0 Å². The summed E-state index contributed by atoms with van der Waals surface area (Å²) in [6.07, 6.45) is 7.53. The molecule has 0 heterocycles. The van der Waals surface area contributed by atoms with E-state index in [1.807, 2.05) is 6.92 Å². The highest BCUT2D eigenvalue weighted by Crippen LogP contribution is 2.48. The summed E-state index contributed by atoms with van der Waals surface area (Å²) in [5, 5.41) is 21.8. The molecule has 2 atom stereocenters. The van der Waals surface area contributed by atoms with Gasteiger partial charge in [-0.3, -0.25) is 0 Å². The van der Waals surface area contributed by atoms with Crippen LogP contribution in [0.1, 0.15) is 80.3 Å². The predicted octanol–water partition coefficient (Wildman–Crippen LogP) is 5.63. The first-order chi connectivity index (χ1) is 12.8. The second kappa shape index (κ2) is 9.12. The largest absolute Gasteiger partial charge is 0.507 e. The van der Waals surface area contributed by atoms with E-state index in [0.717, 1.165) is 37.7 Å². The van der Waals surface area contributed by atoms with E-state index in [0.29, 0.717) is 17.5 Å². The van der Waals surface area contributed by atoms with Crippen LogP contribution in [0.5, 0.6) is 11.5 Å². The Hall–Kier alpha value is -2.23. The highest BCUT2D eigenvalue weighted by Gasteiger charge is 2.33. The molecule has 0 spiro atoms. The first-order valence-corrected chi connectivity index (χ1v) is 9.80. The van der Waals surface area contributed by atoms with Crippen LogP contribution in [-0.2, 0) is 11.2 Å². The zero-order chi connectivity index (χ0) is 20.1. The number of rotatable bonds is 7. The van der Waals surface area contributed by atoms with E-state index >= 15 is 0 Å². The number of phenols is 2. The van der Waals surface area contributed by atoms with Gasteiger partial charge >= 0.3 is 5.97 Å². The van der Waals surface area contributed by atoms with Gasteiger partial charge in [0.05, 0.1) is 7.11 Å². The zero-order valence-electron chi connectivity index (χ0n) is 17.0. The second-order valence-corrected chi connectivity index (χ2v) is 7.67. The van der Waals surface area contributed by atoms with Crippen LogP contribution in [0.2, 0.25) is 0 Å². The van der Waals surface area contributed by atoms with E-state index in [1.165, 1.54) is 12.7 Å². The van der Waals surface area contributed by atoms with Gasteiger partial charge in [-0.25, -0.2) is 4.79 Å². The number of hydrogen-bond acceptors (Lipinski definition) is 4. The molecule has 0 bridgehead atoms. The molecule has 1 aromatic carbocycles. The Morgan fingerprint density at radius 1 is 1.33 bits per heavy atom. The number of methoxy groups -OCH3 is 1. The maximum Gasteiger partial charge on any atom is 0.341 e. The van der Waals surface area contributed by atoms with Crippen LogP contribution in [0.3, 0.4) is 0 Å². The molecule has 1 unspecified atom stereocenters. The second-order valence-electron chi connectivity index (χ2n) is 7.67. The van der Waals surface area contributed by atoms with Crippen LogP contribution in [0, 0.1) is 5.92 Å². The average molecular weight is 373 g/mol. The van der Waals surface area contributed by atoms with Gasteiger partial charge in [0.2, 0.25) is 0 Å². The molecule has 0 aliphatic heterocycles. The lowest BCUT2D eigenvalue weighted by Gasteiger charge is -2.32. The number of carbonyl (C=O) groups excluding carboxylic acids is 1. The van der Waals surface area contributed by atoms with Crippen molar-refractivity contribution in [2.75, 3.05) is 7.11 Å². The van der Waals surface area contributed by atoms with Crippen molar-refractivity contribution < 1.29 is 19.7 Å². The number of unbranched alkanes of at least 4 members (excludes halogenated alkanes) is 2. The van der Waals surface area contributed by atoms with Crippen molar-refractivity contribution >= 4 is 5.97 Å². The van der Waals surface area contributed by atoms with Gasteiger partial charge in [0.15, 0.2) is 0 Å². The van der Waals surface area contributed by atoms with Crippen LogP contribution in [0.25, 0.3) is 0 Å². The van der Waals surface area contributed by atoms with Gasteiger partial charge in [-0.1, -0.05) is 43.6 Å². The maximum absolute atomic E-state index is 12.4. The van der Waals surface area contributed by atoms with Crippen molar-refractivity contribution in [1.82, 2.24) is 0 Å². The van der Waals surface area contributed by atoms with E-state index in [-0.39, 0.29) is 28.9 Å². The summed E-state index contributed by atoms with van der Waals surface area (Å²) in [6.45, 7) is 10.2. The number of phenolic OH excluding ortho intramolecular Hbond substituents is 2. The highest BCUT2D eigenvalue weighted by atomic mass is 16.5. The molecule has 4 nitrogen and oxygen atoms in total. The quantitative estimate of drug-likeness (QED) is 0.370. The maximum atomic E-state index is 12.4. The van der Waals surface area contributed by atoms with Gasteiger partial charge < -0.3 is 14.9 Å². The van der Waals surface area contributed by atoms with Crippen molar-refractivity contribution in [1.29, 1.82) is 0 Å². The van der Waals surface area contributed by atoms with Crippen molar-refractivity contribution in [3.63, 3.8) is 0 Å². The Labute approximate surface area is 162 Å². The predicted molar refractivity (Wildman–Crippen MR) is 108 cm³/mol. The summed E-state index contributed by atoms with van der Waals surface area (Å²) in [5.74, 6) is -0.778. The minimum absolute atomic E-state index is 0.0360. The summed E-state index contributed by atoms with van der Waals surface area (Å²) in [5.41, 5.74) is 3.44. The molecule has 0 saturated carbocycles. The zero-order valence-corrected chi connectivity index (χ0v) is 17.0. The van der Waals surface area contributed by atoms with Crippen LogP contribution in [0.15, 0.2) is 29.9 Å². The number of aromatic hydroxyl groups is 2. The smallest absolute Gasteiger partial charge is 0.341 e. The fourth-order valence-corrected chi connectivity index (χ4v) is 4.05. The van der Waals surface area contributed by atoms with Crippen molar-refractivity contribution in [2.45, 2.75) is 65.2 Å². The number of ether oxygens (including phenoxy) is 1. The number of aryl methyl sites for hydroxylation is 1. The van der Waals surface area contributed by atoms with E-state index in [9.17, 15) is 15.0 Å². The van der Waals surface area contributed by atoms with Crippen LogP contribution >= 0.6 is 0 Å². The number of hydrogen-bond donors (Lipinski definition) is 2. The molecule has 0 fully saturated rings. The molecule has 4 heteroatoms. The summed E-state index contributed by atoms with van der Waals surface area (Å²) in [6, 6.07) is 1.63. The van der Waals surface area contributed by atoms with E-state index in [1.54, 1.807) is 6.07 Å². The van der Waals surface area contributed by atoms with E-state index in [4.69, 9.17) is 4.74 Å². The van der Waals surface area contributed by atoms with Gasteiger partial charge in [0, 0.05) is 11.5 Å². The summed E-state index contributed by atoms with van der Waals surface area (Å²) in [4.78, 5) is 12.4. The Bertz CT molecular complexity index is 745. The standard InChI is InChI=1S/C23H32O4/c1-6-7-8-9-16-13-19(24)21(22(25)20(16)23(26)27-5)18-12-15(4)10-11-17(18)14(2)3/h12-13,17-18,24-25H,2,6-11H2,1,3-5H3/t17-,18?/m1/s1. The third kappa shape index (κ3) is 4.55. The molecule has 1 aromatic rings.